The van der Waals surface area contributed by atoms with Crippen LogP contribution in [0.3, 0.4) is 0 Å². The van der Waals surface area contributed by atoms with E-state index in [2.05, 4.69) is 67.3 Å². The Labute approximate surface area is 105 Å². The van der Waals surface area contributed by atoms with Crippen molar-refractivity contribution < 1.29 is 0 Å². The molecule has 2 nitrogen and oxygen atoms in total. The number of hydrogen-bond acceptors (Lipinski definition) is 2. The van der Waals surface area contributed by atoms with Gasteiger partial charge in [0, 0.05) is 38.8 Å². The quantitative estimate of drug-likeness (QED) is 0.618. The molecule has 92 valence electrons. The van der Waals surface area contributed by atoms with Gasteiger partial charge in [-0.3, -0.25) is 0 Å². The van der Waals surface area contributed by atoms with Crippen molar-refractivity contribution in [3.05, 3.63) is 29.8 Å². The van der Waals surface area contributed by atoms with Crippen LogP contribution in [0.15, 0.2) is 24.3 Å². The van der Waals surface area contributed by atoms with Crippen molar-refractivity contribution in [1.29, 1.82) is 0 Å². The molecule has 0 spiro atoms. The zero-order valence-corrected chi connectivity index (χ0v) is 11.2. The molecule has 1 aromatic rings. The van der Waals surface area contributed by atoms with Crippen molar-refractivity contribution in [2.75, 3.05) is 25.5 Å². The molecule has 1 rings (SSSR count). The Morgan fingerprint density at radius 1 is 1.24 bits per heavy atom. The van der Waals surface area contributed by atoms with E-state index in [0.717, 1.165) is 13.0 Å². The molecule has 0 heterocycles. The van der Waals surface area contributed by atoms with Crippen LogP contribution in [0, 0.1) is 11.8 Å². The molecule has 0 radical (unpaired) electrons. The lowest BCUT2D eigenvalue weighted by molar-refractivity contribution is 0.584. The Bertz CT molecular complexity index is 382. The zero-order valence-electron chi connectivity index (χ0n) is 11.2. The van der Waals surface area contributed by atoms with Gasteiger partial charge in [0.15, 0.2) is 0 Å². The first-order chi connectivity index (χ1) is 8.15. The van der Waals surface area contributed by atoms with E-state index >= 15 is 0 Å². The minimum absolute atomic E-state index is 0.380. The van der Waals surface area contributed by atoms with Crippen LogP contribution < -0.4 is 10.2 Å². The second-order valence-corrected chi connectivity index (χ2v) is 4.34. The second kappa shape index (κ2) is 6.98. The second-order valence-electron chi connectivity index (χ2n) is 4.34. The molecule has 0 bridgehead atoms. The molecule has 0 fully saturated rings. The van der Waals surface area contributed by atoms with Crippen LogP contribution in [0.4, 0.5) is 5.69 Å². The molecule has 1 aromatic carbocycles. The molecule has 0 aliphatic heterocycles. The number of hydrogen-bond donors (Lipinski definition) is 1. The highest BCUT2D eigenvalue weighted by Crippen LogP contribution is 2.17. The summed E-state index contributed by atoms with van der Waals surface area (Å²) in [5.41, 5.74) is 2.55. The maximum atomic E-state index is 3.47. The fourth-order valence-corrected chi connectivity index (χ4v) is 1.66. The van der Waals surface area contributed by atoms with Gasteiger partial charge in [-0.15, -0.1) is 11.8 Å². The standard InChI is InChI=1S/C15H22N2/c1-5-6-7-12-16-13(2)14-8-10-15(11-9-14)17(3)4/h8-11,13,16H,7,12H2,1-4H3. The van der Waals surface area contributed by atoms with Crippen LogP contribution in [0.25, 0.3) is 0 Å². The Kier molecular flexibility index (Phi) is 5.59. The predicted octanol–water partition coefficient (Wildman–Crippen LogP) is 2.82. The highest BCUT2D eigenvalue weighted by atomic mass is 15.1. The molecule has 1 N–H and O–H groups in total. The number of anilines is 1. The van der Waals surface area contributed by atoms with Crippen LogP contribution in [0.5, 0.6) is 0 Å². The third-order valence-corrected chi connectivity index (χ3v) is 2.79. The number of rotatable bonds is 5. The van der Waals surface area contributed by atoms with E-state index in [1.54, 1.807) is 0 Å². The molecular formula is C15H22N2. The lowest BCUT2D eigenvalue weighted by atomic mass is 10.1. The van der Waals surface area contributed by atoms with Gasteiger partial charge in [-0.2, -0.15) is 0 Å². The van der Waals surface area contributed by atoms with E-state index < -0.39 is 0 Å². The van der Waals surface area contributed by atoms with Crippen LogP contribution in [0.2, 0.25) is 0 Å². The average molecular weight is 230 g/mol. The van der Waals surface area contributed by atoms with Gasteiger partial charge in [0.05, 0.1) is 0 Å². The van der Waals surface area contributed by atoms with Crippen molar-refractivity contribution in [3.63, 3.8) is 0 Å². The maximum absolute atomic E-state index is 3.47. The van der Waals surface area contributed by atoms with Crippen LogP contribution in [-0.2, 0) is 0 Å². The summed E-state index contributed by atoms with van der Waals surface area (Å²) in [7, 11) is 4.11. The third-order valence-electron chi connectivity index (χ3n) is 2.79. The van der Waals surface area contributed by atoms with E-state index in [9.17, 15) is 0 Å². The Balaban J connectivity index is 2.50. The zero-order chi connectivity index (χ0) is 12.7. The maximum Gasteiger partial charge on any atom is 0.0361 e. The molecule has 1 atom stereocenters. The first kappa shape index (κ1) is 13.6. The lowest BCUT2D eigenvalue weighted by Gasteiger charge is -2.16. The molecule has 0 aliphatic carbocycles. The molecule has 2 heteroatoms. The van der Waals surface area contributed by atoms with E-state index in [-0.39, 0.29) is 0 Å². The van der Waals surface area contributed by atoms with E-state index in [4.69, 9.17) is 0 Å². The van der Waals surface area contributed by atoms with Gasteiger partial charge in [0.25, 0.3) is 0 Å². The van der Waals surface area contributed by atoms with Gasteiger partial charge in [0.2, 0.25) is 0 Å². The van der Waals surface area contributed by atoms with Crippen LogP contribution in [0.1, 0.15) is 31.9 Å². The Hall–Kier alpha value is -1.46. The summed E-state index contributed by atoms with van der Waals surface area (Å²) in [6, 6.07) is 9.04. The van der Waals surface area contributed by atoms with Crippen molar-refractivity contribution in [3.8, 4) is 11.8 Å². The van der Waals surface area contributed by atoms with Gasteiger partial charge in [-0.25, -0.2) is 0 Å². The minimum Gasteiger partial charge on any atom is -0.378 e. The van der Waals surface area contributed by atoms with Gasteiger partial charge in [-0.1, -0.05) is 12.1 Å². The number of nitrogens with one attached hydrogen (secondary N) is 1. The van der Waals surface area contributed by atoms with Crippen LogP contribution >= 0.6 is 0 Å². The lowest BCUT2D eigenvalue weighted by Crippen LogP contribution is -2.19. The normalized spacial score (nSPS) is 11.5. The number of benzene rings is 1. The third kappa shape index (κ3) is 4.50. The molecule has 0 saturated heterocycles. The van der Waals surface area contributed by atoms with Crippen molar-refractivity contribution in [1.82, 2.24) is 5.32 Å². The van der Waals surface area contributed by atoms with Crippen molar-refractivity contribution >= 4 is 5.69 Å². The monoisotopic (exact) mass is 230 g/mol. The summed E-state index contributed by atoms with van der Waals surface area (Å²) < 4.78 is 0. The van der Waals surface area contributed by atoms with E-state index in [1.165, 1.54) is 11.3 Å². The Morgan fingerprint density at radius 2 is 1.88 bits per heavy atom. The molecular weight excluding hydrogens is 208 g/mol. The van der Waals surface area contributed by atoms with Gasteiger partial charge in [-0.05, 0) is 31.5 Å². The minimum atomic E-state index is 0.380. The fraction of sp³-hybridized carbons (Fsp3) is 0.467. The Morgan fingerprint density at radius 3 is 2.41 bits per heavy atom. The van der Waals surface area contributed by atoms with Gasteiger partial charge in [0.1, 0.15) is 0 Å². The van der Waals surface area contributed by atoms with Crippen molar-refractivity contribution in [2.45, 2.75) is 26.3 Å². The SMILES string of the molecule is CC#CCCNC(C)c1ccc(N(C)C)cc1. The summed E-state index contributed by atoms with van der Waals surface area (Å²) in [6.45, 7) is 5.00. The summed E-state index contributed by atoms with van der Waals surface area (Å²) in [5, 5.41) is 3.47. The summed E-state index contributed by atoms with van der Waals surface area (Å²) >= 11 is 0. The van der Waals surface area contributed by atoms with Crippen molar-refractivity contribution in [2.24, 2.45) is 0 Å². The smallest absolute Gasteiger partial charge is 0.0361 e. The molecule has 0 saturated carbocycles. The van der Waals surface area contributed by atoms with Gasteiger partial charge < -0.3 is 10.2 Å². The van der Waals surface area contributed by atoms with Crippen LogP contribution in [-0.4, -0.2) is 20.6 Å². The summed E-state index contributed by atoms with van der Waals surface area (Å²) in [6.07, 6.45) is 0.913. The highest BCUT2D eigenvalue weighted by Gasteiger charge is 2.04. The molecule has 17 heavy (non-hydrogen) atoms. The summed E-state index contributed by atoms with van der Waals surface area (Å²) in [5.74, 6) is 5.97. The van der Waals surface area contributed by atoms with E-state index in [0.29, 0.717) is 6.04 Å². The van der Waals surface area contributed by atoms with E-state index in [1.807, 2.05) is 6.92 Å². The first-order valence-corrected chi connectivity index (χ1v) is 6.05. The largest absolute Gasteiger partial charge is 0.378 e. The number of nitrogens with zero attached hydrogens (tertiary/aromatic N) is 1. The average Bonchev–Trinajstić information content (AvgIpc) is 2.34. The topological polar surface area (TPSA) is 15.3 Å². The highest BCUT2D eigenvalue weighted by molar-refractivity contribution is 5.46. The molecule has 1 unspecified atom stereocenters. The fourth-order valence-electron chi connectivity index (χ4n) is 1.66. The predicted molar refractivity (Wildman–Crippen MR) is 75.3 cm³/mol. The molecule has 0 aliphatic rings. The molecule has 0 aromatic heterocycles. The molecule has 0 amide bonds. The first-order valence-electron chi connectivity index (χ1n) is 6.05. The van der Waals surface area contributed by atoms with Gasteiger partial charge >= 0.3 is 0 Å². The summed E-state index contributed by atoms with van der Waals surface area (Å²) in [4.78, 5) is 2.11.